The molecular weight excluding hydrogens is 428 g/mol. The van der Waals surface area contributed by atoms with Crippen LogP contribution < -0.4 is 19.1 Å². The minimum atomic E-state index is -3.49. The maximum atomic E-state index is 12.1. The van der Waals surface area contributed by atoms with E-state index < -0.39 is 10.0 Å². The van der Waals surface area contributed by atoms with Crippen molar-refractivity contribution < 1.29 is 22.7 Å². The van der Waals surface area contributed by atoms with Crippen molar-refractivity contribution in [3.05, 3.63) is 53.1 Å². The molecule has 2 aromatic rings. The molecule has 0 aromatic heterocycles. The van der Waals surface area contributed by atoms with E-state index in [1.807, 2.05) is 6.92 Å². The molecule has 0 aliphatic heterocycles. The summed E-state index contributed by atoms with van der Waals surface area (Å²) in [5.74, 6) is 1.26. The van der Waals surface area contributed by atoms with Crippen molar-refractivity contribution in [1.82, 2.24) is 5.32 Å². The van der Waals surface area contributed by atoms with Crippen LogP contribution in [0.25, 0.3) is 0 Å². The lowest BCUT2D eigenvalue weighted by Gasteiger charge is -2.23. The van der Waals surface area contributed by atoms with Crippen LogP contribution in [-0.2, 0) is 14.8 Å². The summed E-state index contributed by atoms with van der Waals surface area (Å²) in [5, 5.41) is 3.26. The summed E-state index contributed by atoms with van der Waals surface area (Å²) in [6, 6.07) is 12.3. The minimum absolute atomic E-state index is 0.163. The number of carbonyl (C=O) groups is 1. The number of aryl methyl sites for hydroxylation is 1. The first kappa shape index (κ1) is 23.8. The van der Waals surface area contributed by atoms with Gasteiger partial charge in [0.25, 0.3) is 0 Å². The van der Waals surface area contributed by atoms with Gasteiger partial charge in [-0.3, -0.25) is 9.10 Å². The van der Waals surface area contributed by atoms with Crippen LogP contribution in [0.15, 0.2) is 42.5 Å². The Bertz CT molecular complexity index is 948. The van der Waals surface area contributed by atoms with E-state index in [1.165, 1.54) is 4.31 Å². The Morgan fingerprint density at radius 1 is 1.13 bits per heavy atom. The van der Waals surface area contributed by atoms with Crippen LogP contribution in [-0.4, -0.2) is 47.4 Å². The van der Waals surface area contributed by atoms with Crippen LogP contribution in [0.1, 0.15) is 18.4 Å². The topological polar surface area (TPSA) is 84.9 Å². The van der Waals surface area contributed by atoms with Crippen molar-refractivity contribution in [2.45, 2.75) is 19.8 Å². The van der Waals surface area contributed by atoms with Crippen LogP contribution in [0.2, 0.25) is 5.02 Å². The van der Waals surface area contributed by atoms with Gasteiger partial charge in [0.05, 0.1) is 25.6 Å². The van der Waals surface area contributed by atoms with Gasteiger partial charge in [-0.15, -0.1) is 0 Å². The van der Waals surface area contributed by atoms with Gasteiger partial charge in [-0.25, -0.2) is 8.42 Å². The fraction of sp³-hybridized carbons (Fsp3) is 0.381. The van der Waals surface area contributed by atoms with E-state index in [1.54, 1.807) is 49.6 Å². The standard InChI is InChI=1S/C21H27ClN2O5S/c1-16-6-7-17(15-20(16)22)24(30(3,26)27)13-4-5-21(25)23-12-14-29-19-10-8-18(28-2)9-11-19/h6-11,15H,4-5,12-14H2,1-3H3,(H,23,25). The van der Waals surface area contributed by atoms with Gasteiger partial charge in [0.15, 0.2) is 0 Å². The molecule has 2 rings (SSSR count). The maximum absolute atomic E-state index is 12.1. The number of rotatable bonds is 11. The van der Waals surface area contributed by atoms with Crippen LogP contribution in [0, 0.1) is 6.92 Å². The quantitative estimate of drug-likeness (QED) is 0.526. The van der Waals surface area contributed by atoms with Crippen molar-refractivity contribution >= 4 is 33.2 Å². The Balaban J connectivity index is 1.76. The van der Waals surface area contributed by atoms with E-state index in [2.05, 4.69) is 5.32 Å². The van der Waals surface area contributed by atoms with Crippen LogP contribution in [0.5, 0.6) is 11.5 Å². The Morgan fingerprint density at radius 3 is 2.40 bits per heavy atom. The summed E-state index contributed by atoms with van der Waals surface area (Å²) in [7, 11) is -1.89. The number of hydrogen-bond donors (Lipinski definition) is 1. The molecule has 0 aliphatic rings. The first-order chi connectivity index (χ1) is 14.2. The average Bonchev–Trinajstić information content (AvgIpc) is 2.70. The van der Waals surface area contributed by atoms with Crippen LogP contribution >= 0.6 is 11.6 Å². The summed E-state index contributed by atoms with van der Waals surface area (Å²) in [5.41, 5.74) is 1.35. The van der Waals surface area contributed by atoms with Crippen LogP contribution in [0.3, 0.4) is 0 Å². The van der Waals surface area contributed by atoms with Gasteiger partial charge in [-0.2, -0.15) is 0 Å². The molecule has 0 aliphatic carbocycles. The molecule has 1 N–H and O–H groups in total. The molecule has 0 saturated carbocycles. The molecule has 30 heavy (non-hydrogen) atoms. The zero-order valence-corrected chi connectivity index (χ0v) is 18.9. The molecule has 0 atom stereocenters. The van der Waals surface area contributed by atoms with Crippen molar-refractivity contribution in [2.75, 3.05) is 37.4 Å². The molecular formula is C21H27ClN2O5S. The van der Waals surface area contributed by atoms with E-state index in [0.717, 1.165) is 17.6 Å². The van der Waals surface area contributed by atoms with Gasteiger partial charge in [-0.1, -0.05) is 17.7 Å². The predicted molar refractivity (Wildman–Crippen MR) is 119 cm³/mol. The summed E-state index contributed by atoms with van der Waals surface area (Å²) in [4.78, 5) is 12.0. The number of anilines is 1. The Labute approximate surface area is 183 Å². The molecule has 0 unspecified atom stereocenters. The maximum Gasteiger partial charge on any atom is 0.232 e. The largest absolute Gasteiger partial charge is 0.497 e. The lowest BCUT2D eigenvalue weighted by molar-refractivity contribution is -0.121. The number of halogens is 1. The molecule has 0 bridgehead atoms. The third-order valence-electron chi connectivity index (χ3n) is 4.36. The molecule has 0 spiro atoms. The van der Waals surface area contributed by atoms with Crippen molar-refractivity contribution in [3.63, 3.8) is 0 Å². The van der Waals surface area contributed by atoms with Gasteiger partial charge in [0.1, 0.15) is 18.1 Å². The third-order valence-corrected chi connectivity index (χ3v) is 5.96. The number of amides is 1. The fourth-order valence-corrected chi connectivity index (χ4v) is 3.86. The normalized spacial score (nSPS) is 11.1. The second-order valence-corrected chi connectivity index (χ2v) is 9.06. The van der Waals surface area contributed by atoms with Gasteiger partial charge in [0, 0.05) is 18.0 Å². The first-order valence-corrected chi connectivity index (χ1v) is 11.7. The lowest BCUT2D eigenvalue weighted by Crippen LogP contribution is -2.33. The van der Waals surface area contributed by atoms with E-state index in [4.69, 9.17) is 21.1 Å². The number of nitrogens with one attached hydrogen (secondary N) is 1. The van der Waals surface area contributed by atoms with Gasteiger partial charge in [-0.05, 0) is 55.3 Å². The number of carbonyl (C=O) groups excluding carboxylic acids is 1. The van der Waals surface area contributed by atoms with Gasteiger partial charge >= 0.3 is 0 Å². The molecule has 164 valence electrons. The molecule has 7 nitrogen and oxygen atoms in total. The smallest absolute Gasteiger partial charge is 0.232 e. The molecule has 9 heteroatoms. The van der Waals surface area contributed by atoms with E-state index in [9.17, 15) is 13.2 Å². The van der Waals surface area contributed by atoms with E-state index in [0.29, 0.717) is 36.0 Å². The Kier molecular flexibility index (Phi) is 8.80. The number of methoxy groups -OCH3 is 1. The Hall–Kier alpha value is -2.45. The van der Waals surface area contributed by atoms with E-state index in [-0.39, 0.29) is 18.9 Å². The van der Waals surface area contributed by atoms with E-state index >= 15 is 0 Å². The Morgan fingerprint density at radius 2 is 1.80 bits per heavy atom. The van der Waals surface area contributed by atoms with Gasteiger partial charge < -0.3 is 14.8 Å². The minimum Gasteiger partial charge on any atom is -0.497 e. The molecule has 1 amide bonds. The summed E-state index contributed by atoms with van der Waals surface area (Å²) in [6.07, 6.45) is 1.72. The predicted octanol–water partition coefficient (Wildman–Crippen LogP) is 3.40. The highest BCUT2D eigenvalue weighted by atomic mass is 35.5. The third kappa shape index (κ3) is 7.42. The van der Waals surface area contributed by atoms with Crippen LogP contribution in [0.4, 0.5) is 5.69 Å². The number of ether oxygens (including phenoxy) is 2. The highest BCUT2D eigenvalue weighted by Crippen LogP contribution is 2.25. The number of hydrogen-bond acceptors (Lipinski definition) is 5. The highest BCUT2D eigenvalue weighted by molar-refractivity contribution is 7.92. The zero-order valence-electron chi connectivity index (χ0n) is 17.4. The summed E-state index contributed by atoms with van der Waals surface area (Å²) >= 11 is 6.12. The monoisotopic (exact) mass is 454 g/mol. The molecule has 2 aromatic carbocycles. The fourth-order valence-electron chi connectivity index (χ4n) is 2.73. The van der Waals surface area contributed by atoms with Gasteiger partial charge in [0.2, 0.25) is 15.9 Å². The number of nitrogens with zero attached hydrogens (tertiary/aromatic N) is 1. The second kappa shape index (κ2) is 11.1. The number of benzene rings is 2. The summed E-state index contributed by atoms with van der Waals surface area (Å²) in [6.45, 7) is 2.72. The zero-order chi connectivity index (χ0) is 22.1. The molecule has 0 heterocycles. The molecule has 0 radical (unpaired) electrons. The molecule has 0 saturated heterocycles. The summed E-state index contributed by atoms with van der Waals surface area (Å²) < 4.78 is 36.2. The van der Waals surface area contributed by atoms with Crippen molar-refractivity contribution in [2.24, 2.45) is 0 Å². The highest BCUT2D eigenvalue weighted by Gasteiger charge is 2.18. The first-order valence-electron chi connectivity index (χ1n) is 9.48. The van der Waals surface area contributed by atoms with Crippen molar-refractivity contribution in [3.8, 4) is 11.5 Å². The molecule has 0 fully saturated rings. The second-order valence-electron chi connectivity index (χ2n) is 6.75. The van der Waals surface area contributed by atoms with Crippen molar-refractivity contribution in [1.29, 1.82) is 0 Å². The number of sulfonamides is 1. The lowest BCUT2D eigenvalue weighted by atomic mass is 10.2. The SMILES string of the molecule is COc1ccc(OCCNC(=O)CCCN(c2ccc(C)c(Cl)c2)S(C)(=O)=O)cc1. The average molecular weight is 455 g/mol.